The summed E-state index contributed by atoms with van der Waals surface area (Å²) in [7, 11) is 0. The molecule has 2 aliphatic carbocycles. The van der Waals surface area contributed by atoms with Gasteiger partial charge in [-0.3, -0.25) is 0 Å². The van der Waals surface area contributed by atoms with E-state index >= 15 is 0 Å². The predicted octanol–water partition coefficient (Wildman–Crippen LogP) is 7.98. The van der Waals surface area contributed by atoms with Crippen LogP contribution in [0, 0.1) is 0 Å². The Labute approximate surface area is 187 Å². The third kappa shape index (κ3) is 4.78. The summed E-state index contributed by atoms with van der Waals surface area (Å²) in [4.78, 5) is 0. The molecule has 4 rings (SSSR count). The number of halogens is 6. The Morgan fingerprint density at radius 1 is 0.710 bits per heavy atom. The summed E-state index contributed by atoms with van der Waals surface area (Å²) in [5, 5.41) is 2.00. The zero-order chi connectivity index (χ0) is 22.3. The average molecular weight is 556 g/mol. The van der Waals surface area contributed by atoms with Gasteiger partial charge in [-0.2, -0.15) is 0 Å². The van der Waals surface area contributed by atoms with Crippen molar-refractivity contribution >= 4 is 22.7 Å². The van der Waals surface area contributed by atoms with Crippen molar-refractivity contribution in [3.8, 4) is 10.1 Å². The van der Waals surface area contributed by atoms with Gasteiger partial charge in [-0.05, 0) is 0 Å². The summed E-state index contributed by atoms with van der Waals surface area (Å²) >= 11 is -3.02. The van der Waals surface area contributed by atoms with Crippen molar-refractivity contribution in [2.24, 2.45) is 0 Å². The minimum absolute atomic E-state index is 0.0383. The molecule has 0 amide bonds. The predicted molar refractivity (Wildman–Crippen MR) is 104 cm³/mol. The molecule has 0 saturated heterocycles. The van der Waals surface area contributed by atoms with Gasteiger partial charge in [0, 0.05) is 0 Å². The Kier molecular flexibility index (Phi) is 6.13. The van der Waals surface area contributed by atoms with Crippen LogP contribution in [0.1, 0.15) is 24.0 Å². The number of allylic oxidation sites excluding steroid dienone is 8. The summed E-state index contributed by atoms with van der Waals surface area (Å²) in [6.07, 6.45) is 2.82. The molecule has 0 bridgehead atoms. The maximum atomic E-state index is 13.1. The Hall–Kier alpha value is -1.58. The van der Waals surface area contributed by atoms with Crippen molar-refractivity contribution in [3.05, 3.63) is 77.0 Å². The van der Waals surface area contributed by atoms with E-state index in [0.717, 1.165) is 52.1 Å². The summed E-state index contributed by atoms with van der Waals surface area (Å²) in [6.45, 7) is 0. The topological polar surface area (TPSA) is 18.5 Å². The standard InChI is InChI=1S/2C5H3F3OS.2C5H5.Zr/c2*6-5(7,8)3-1-4(9)10-2-3;2*1-2-4-5-3-1;/h2*1-2,9H;2*1-3H,4H2;/q;;;;+2/p-2. The zero-order valence-corrected chi connectivity index (χ0v) is 19.7. The van der Waals surface area contributed by atoms with Crippen molar-refractivity contribution in [1.29, 1.82) is 0 Å². The summed E-state index contributed by atoms with van der Waals surface area (Å²) in [5.41, 5.74) is -1.67. The molecule has 0 atom stereocenters. The SMILES string of the molecule is FC(F)(F)c1csc([O][Zr]([O]c2cc(C(F)(F)F)cs2)([C]2=CC=CC2)[C]2=CC=CC2)c1. The van der Waals surface area contributed by atoms with Crippen LogP contribution in [0.15, 0.2) is 65.9 Å². The van der Waals surface area contributed by atoms with Gasteiger partial charge in [0.2, 0.25) is 0 Å². The molecule has 0 N–H and O–H groups in total. The molecule has 2 heterocycles. The second-order valence-electron chi connectivity index (χ2n) is 6.77. The van der Waals surface area contributed by atoms with Gasteiger partial charge in [-0.15, -0.1) is 0 Å². The van der Waals surface area contributed by atoms with E-state index in [0.29, 0.717) is 12.8 Å². The molecule has 2 nitrogen and oxygen atoms in total. The molecule has 2 aliphatic rings. The van der Waals surface area contributed by atoms with E-state index in [1.165, 1.54) is 0 Å². The van der Waals surface area contributed by atoms with Gasteiger partial charge in [0.15, 0.2) is 0 Å². The molecule has 0 spiro atoms. The number of hydrogen-bond donors (Lipinski definition) is 0. The summed E-state index contributed by atoms with van der Waals surface area (Å²) in [6, 6.07) is 1.84. The molecular formula is C20H14F6O2S2Zr. The second kappa shape index (κ2) is 8.41. The normalized spacial score (nSPS) is 16.6. The fourth-order valence-corrected chi connectivity index (χ4v) is 14.2. The Bertz CT molecular complexity index is 1000. The molecule has 2 aromatic heterocycles. The van der Waals surface area contributed by atoms with Gasteiger partial charge in [0.1, 0.15) is 0 Å². The van der Waals surface area contributed by atoms with Crippen LogP contribution in [0.2, 0.25) is 0 Å². The van der Waals surface area contributed by atoms with E-state index in [9.17, 15) is 26.3 Å². The minimum atomic E-state index is -4.62. The van der Waals surface area contributed by atoms with Crippen molar-refractivity contribution < 1.29 is 53.1 Å². The first-order valence-electron chi connectivity index (χ1n) is 9.00. The fourth-order valence-electron chi connectivity index (χ4n) is 3.19. The monoisotopic (exact) mass is 554 g/mol. The molecule has 0 saturated carbocycles. The first-order chi connectivity index (χ1) is 14.6. The molecule has 0 radical (unpaired) electrons. The van der Waals surface area contributed by atoms with Crippen LogP contribution in [-0.2, 0) is 33.5 Å². The van der Waals surface area contributed by atoms with Crippen LogP contribution in [-0.4, -0.2) is 0 Å². The van der Waals surface area contributed by atoms with Gasteiger partial charge < -0.3 is 0 Å². The number of rotatable bonds is 6. The van der Waals surface area contributed by atoms with Crippen LogP contribution in [0.3, 0.4) is 0 Å². The van der Waals surface area contributed by atoms with Crippen LogP contribution < -0.4 is 5.63 Å². The van der Waals surface area contributed by atoms with Crippen molar-refractivity contribution in [3.63, 3.8) is 0 Å². The third-order valence-corrected chi connectivity index (χ3v) is 15.5. The van der Waals surface area contributed by atoms with Gasteiger partial charge in [-0.1, -0.05) is 0 Å². The maximum absolute atomic E-state index is 13.1. The average Bonchev–Trinajstić information content (AvgIpc) is 3.47. The first-order valence-corrected chi connectivity index (χ1v) is 15.2. The fraction of sp³-hybridized carbons (Fsp3) is 0.200. The van der Waals surface area contributed by atoms with Gasteiger partial charge >= 0.3 is 188 Å². The third-order valence-electron chi connectivity index (χ3n) is 4.68. The van der Waals surface area contributed by atoms with E-state index < -0.39 is 44.6 Å². The van der Waals surface area contributed by atoms with Crippen molar-refractivity contribution in [2.75, 3.05) is 0 Å². The quantitative estimate of drug-likeness (QED) is 0.337. The zero-order valence-electron chi connectivity index (χ0n) is 15.6. The van der Waals surface area contributed by atoms with Crippen LogP contribution in [0.25, 0.3) is 0 Å². The molecule has 0 aliphatic heterocycles. The second-order valence-corrected chi connectivity index (χ2v) is 15.7. The Morgan fingerprint density at radius 2 is 1.13 bits per heavy atom. The molecule has 0 aromatic carbocycles. The van der Waals surface area contributed by atoms with Gasteiger partial charge in [0.05, 0.1) is 0 Å². The molecule has 2 aromatic rings. The molecule has 31 heavy (non-hydrogen) atoms. The van der Waals surface area contributed by atoms with E-state index in [2.05, 4.69) is 0 Å². The first kappa shape index (κ1) is 22.6. The molecule has 0 fully saturated rings. The Morgan fingerprint density at radius 3 is 1.42 bits per heavy atom. The number of thiophene rings is 2. The number of alkyl halides is 6. The van der Waals surface area contributed by atoms with Crippen LogP contribution in [0.5, 0.6) is 10.1 Å². The van der Waals surface area contributed by atoms with E-state index in [-0.39, 0.29) is 10.1 Å². The van der Waals surface area contributed by atoms with Crippen LogP contribution in [0.4, 0.5) is 26.3 Å². The van der Waals surface area contributed by atoms with Crippen molar-refractivity contribution in [2.45, 2.75) is 25.2 Å². The Balaban J connectivity index is 1.75. The number of hydrogen-bond acceptors (Lipinski definition) is 4. The van der Waals surface area contributed by atoms with E-state index in [4.69, 9.17) is 5.63 Å². The summed E-state index contributed by atoms with van der Waals surface area (Å²) < 4.78 is 92.6. The van der Waals surface area contributed by atoms with Crippen molar-refractivity contribution in [1.82, 2.24) is 0 Å². The van der Waals surface area contributed by atoms with Crippen LogP contribution >= 0.6 is 22.7 Å². The molecule has 164 valence electrons. The molecular weight excluding hydrogens is 542 g/mol. The van der Waals surface area contributed by atoms with E-state index in [1.54, 1.807) is 24.3 Å². The molecule has 11 heteroatoms. The molecule has 0 unspecified atom stereocenters. The van der Waals surface area contributed by atoms with Gasteiger partial charge in [-0.25, -0.2) is 0 Å². The summed E-state index contributed by atoms with van der Waals surface area (Å²) in [5.74, 6) is 0. The van der Waals surface area contributed by atoms with E-state index in [1.807, 2.05) is 12.2 Å². The van der Waals surface area contributed by atoms with Gasteiger partial charge in [0.25, 0.3) is 0 Å².